The second kappa shape index (κ2) is 8.55. The molecule has 0 aliphatic carbocycles. The van der Waals surface area contributed by atoms with Gasteiger partial charge in [-0.25, -0.2) is 15.0 Å². The van der Waals surface area contributed by atoms with Crippen LogP contribution in [0.5, 0.6) is 0 Å². The highest BCUT2D eigenvalue weighted by Gasteiger charge is 2.37. The van der Waals surface area contributed by atoms with Crippen molar-refractivity contribution in [3.8, 4) is 11.4 Å². The molecule has 1 saturated heterocycles. The Morgan fingerprint density at radius 2 is 1.86 bits per heavy atom. The number of hydrogen-bond donors (Lipinski definition) is 2. The number of halogens is 3. The number of nitrogens with one attached hydrogen (secondary N) is 1. The fraction of sp³-hybridized carbons (Fsp3) is 0.421. The van der Waals surface area contributed by atoms with Crippen LogP contribution in [0.2, 0.25) is 0 Å². The lowest BCUT2D eigenvalue weighted by molar-refractivity contribution is -0.146. The van der Waals surface area contributed by atoms with Gasteiger partial charge in [-0.05, 0) is 50.6 Å². The van der Waals surface area contributed by atoms with Gasteiger partial charge < -0.3 is 11.1 Å². The largest absolute Gasteiger partial charge is 0.395 e. The molecule has 4 heterocycles. The van der Waals surface area contributed by atoms with E-state index in [4.69, 9.17) is 5.73 Å². The van der Waals surface area contributed by atoms with E-state index in [0.717, 1.165) is 6.92 Å². The van der Waals surface area contributed by atoms with Crippen molar-refractivity contribution in [3.05, 3.63) is 42.4 Å². The first kappa shape index (κ1) is 20.1. The summed E-state index contributed by atoms with van der Waals surface area (Å²) in [7, 11) is 0. The van der Waals surface area contributed by atoms with Gasteiger partial charge in [0, 0.05) is 12.4 Å². The normalized spacial score (nSPS) is 15.7. The summed E-state index contributed by atoms with van der Waals surface area (Å²) in [6.45, 7) is 3.63. The topological polar surface area (TPSA) is 81.1 Å². The van der Waals surface area contributed by atoms with Crippen molar-refractivity contribution in [2.75, 3.05) is 18.8 Å². The smallest absolute Gasteiger partial charge is 0.368 e. The Morgan fingerprint density at radius 3 is 2.43 bits per heavy atom. The minimum absolute atomic E-state index is 0.0901. The van der Waals surface area contributed by atoms with Gasteiger partial charge in [0.05, 0.1) is 23.5 Å². The van der Waals surface area contributed by atoms with Crippen molar-refractivity contribution in [2.45, 2.75) is 38.3 Å². The van der Waals surface area contributed by atoms with Crippen LogP contribution in [0.15, 0.2) is 36.8 Å². The van der Waals surface area contributed by atoms with E-state index in [-0.39, 0.29) is 11.5 Å². The predicted octanol–water partition coefficient (Wildman–Crippen LogP) is 3.80. The maximum absolute atomic E-state index is 12.9. The molecule has 0 amide bonds. The van der Waals surface area contributed by atoms with Crippen molar-refractivity contribution >= 4 is 11.6 Å². The summed E-state index contributed by atoms with van der Waals surface area (Å²) in [5.74, 6) is -1.48. The van der Waals surface area contributed by atoms with Crippen molar-refractivity contribution in [1.82, 2.24) is 24.7 Å². The molecule has 9 heteroatoms. The highest BCUT2D eigenvalue weighted by atomic mass is 19.4. The van der Waals surface area contributed by atoms with E-state index in [2.05, 4.69) is 20.3 Å². The molecule has 28 heavy (non-hydrogen) atoms. The molecule has 1 aliphatic rings. The summed E-state index contributed by atoms with van der Waals surface area (Å²) in [6, 6.07) is 4.60. The number of aromatic nitrogens is 4. The molecule has 1 fully saturated rings. The Bertz CT molecular complexity index is 906. The fourth-order valence-corrected chi connectivity index (χ4v) is 2.95. The van der Waals surface area contributed by atoms with E-state index in [1.807, 2.05) is 0 Å². The quantitative estimate of drug-likeness (QED) is 0.693. The lowest BCUT2D eigenvalue weighted by Crippen LogP contribution is -2.21. The molecule has 0 radical (unpaired) electrons. The first-order valence-electron chi connectivity index (χ1n) is 9.19. The lowest BCUT2D eigenvalue weighted by Gasteiger charge is -2.16. The van der Waals surface area contributed by atoms with Crippen LogP contribution in [0, 0.1) is 0 Å². The highest BCUT2D eigenvalue weighted by molar-refractivity contribution is 5.61. The molecule has 0 saturated carbocycles. The number of alkyl halides is 3. The molecule has 1 unspecified atom stereocenters. The Kier molecular flexibility index (Phi) is 6.13. The second-order valence-corrected chi connectivity index (χ2v) is 6.71. The highest BCUT2D eigenvalue weighted by Crippen LogP contribution is 2.34. The fourth-order valence-electron chi connectivity index (χ4n) is 2.95. The number of pyridine rings is 1. The first-order valence-corrected chi connectivity index (χ1v) is 9.19. The molecule has 0 aromatic carbocycles. The van der Waals surface area contributed by atoms with E-state index in [0.29, 0.717) is 17.0 Å². The summed E-state index contributed by atoms with van der Waals surface area (Å²) in [6.07, 6.45) is 4.37. The van der Waals surface area contributed by atoms with Crippen LogP contribution in [-0.2, 0) is 0 Å². The van der Waals surface area contributed by atoms with Gasteiger partial charge in [-0.3, -0.25) is 4.40 Å². The average Bonchev–Trinajstić information content (AvgIpc) is 3.12. The molecule has 0 spiro atoms. The van der Waals surface area contributed by atoms with Crippen molar-refractivity contribution in [2.24, 2.45) is 0 Å². The van der Waals surface area contributed by atoms with Gasteiger partial charge in [0.15, 0.2) is 0 Å². The van der Waals surface area contributed by atoms with Crippen LogP contribution < -0.4 is 11.1 Å². The van der Waals surface area contributed by atoms with Crippen LogP contribution in [0.4, 0.5) is 19.1 Å². The first-order chi connectivity index (χ1) is 13.4. The summed E-state index contributed by atoms with van der Waals surface area (Å²) in [4.78, 5) is 12.0. The van der Waals surface area contributed by atoms with E-state index in [9.17, 15) is 13.2 Å². The minimum atomic E-state index is -4.30. The Labute approximate surface area is 161 Å². The van der Waals surface area contributed by atoms with Crippen LogP contribution >= 0.6 is 0 Å². The van der Waals surface area contributed by atoms with Crippen LogP contribution in [-0.4, -0.2) is 38.6 Å². The molecule has 3 aromatic heterocycles. The molecule has 1 atom stereocenters. The summed E-state index contributed by atoms with van der Waals surface area (Å²) in [5, 5.41) is 3.28. The number of nitrogen functional groups attached to an aromatic ring is 1. The monoisotopic (exact) mass is 392 g/mol. The number of nitrogens with two attached hydrogens (primary N) is 1. The van der Waals surface area contributed by atoms with E-state index in [1.165, 1.54) is 50.8 Å². The minimum Gasteiger partial charge on any atom is -0.368 e. The van der Waals surface area contributed by atoms with Crippen molar-refractivity contribution in [1.29, 1.82) is 0 Å². The van der Waals surface area contributed by atoms with Gasteiger partial charge in [-0.15, -0.1) is 0 Å². The summed E-state index contributed by atoms with van der Waals surface area (Å²) in [5.41, 5.74) is 7.28. The zero-order chi connectivity index (χ0) is 20.1. The average molecular weight is 392 g/mol. The molecular weight excluding hydrogens is 369 g/mol. The number of imidazole rings is 1. The Morgan fingerprint density at radius 1 is 1.11 bits per heavy atom. The molecule has 150 valence electrons. The molecule has 1 aliphatic heterocycles. The lowest BCUT2D eigenvalue weighted by atomic mass is 10.0. The molecule has 6 nitrogen and oxygen atoms in total. The third-order valence-corrected chi connectivity index (χ3v) is 4.66. The standard InChI is InChI=1S/C14H12F3N5.C5H11N/c1-8(14(15,16)17)9-2-3-12-20-6-11(22(12)7-9)10-4-5-19-13(18)21-10;1-2-4-6-5-3-1/h2-8H,1H3,(H2,18,19,21);6H,1-5H2. The van der Waals surface area contributed by atoms with Crippen molar-refractivity contribution < 1.29 is 13.2 Å². The predicted molar refractivity (Wildman–Crippen MR) is 102 cm³/mol. The Balaban J connectivity index is 0.000000320. The maximum Gasteiger partial charge on any atom is 0.395 e. The van der Waals surface area contributed by atoms with Gasteiger partial charge in [-0.2, -0.15) is 13.2 Å². The Hall–Kier alpha value is -2.68. The zero-order valence-corrected chi connectivity index (χ0v) is 15.6. The molecule has 3 aromatic rings. The molecule has 3 N–H and O–H groups in total. The second-order valence-electron chi connectivity index (χ2n) is 6.71. The van der Waals surface area contributed by atoms with Crippen LogP contribution in [0.3, 0.4) is 0 Å². The number of fused-ring (bicyclic) bond motifs is 1. The third kappa shape index (κ3) is 4.78. The van der Waals surface area contributed by atoms with Gasteiger partial charge >= 0.3 is 6.18 Å². The van der Waals surface area contributed by atoms with Gasteiger partial charge in [-0.1, -0.05) is 12.5 Å². The van der Waals surface area contributed by atoms with E-state index < -0.39 is 12.1 Å². The maximum atomic E-state index is 12.9. The van der Waals surface area contributed by atoms with Crippen LogP contribution in [0.25, 0.3) is 17.0 Å². The van der Waals surface area contributed by atoms with E-state index in [1.54, 1.807) is 22.7 Å². The summed E-state index contributed by atoms with van der Waals surface area (Å²) < 4.78 is 40.2. The molecule has 0 bridgehead atoms. The van der Waals surface area contributed by atoms with Gasteiger partial charge in [0.1, 0.15) is 5.65 Å². The SMILES string of the molecule is C1CCNCC1.CC(c1ccc2ncc(-c3ccnc(N)n3)n2c1)C(F)(F)F. The van der Waals surface area contributed by atoms with E-state index >= 15 is 0 Å². The number of nitrogens with zero attached hydrogens (tertiary/aromatic N) is 4. The van der Waals surface area contributed by atoms with Gasteiger partial charge in [0.2, 0.25) is 5.95 Å². The third-order valence-electron chi connectivity index (χ3n) is 4.66. The summed E-state index contributed by atoms with van der Waals surface area (Å²) >= 11 is 0. The number of hydrogen-bond acceptors (Lipinski definition) is 5. The van der Waals surface area contributed by atoms with Gasteiger partial charge in [0.25, 0.3) is 0 Å². The number of anilines is 1. The number of rotatable bonds is 2. The molecular formula is C19H23F3N6. The van der Waals surface area contributed by atoms with Crippen molar-refractivity contribution in [3.63, 3.8) is 0 Å². The zero-order valence-electron chi connectivity index (χ0n) is 15.6. The molecule has 4 rings (SSSR count). The number of piperidine rings is 1. The van der Waals surface area contributed by atoms with Crippen LogP contribution in [0.1, 0.15) is 37.7 Å².